The number of anilines is 1. The summed E-state index contributed by atoms with van der Waals surface area (Å²) < 4.78 is 0. The zero-order valence-corrected chi connectivity index (χ0v) is 13.2. The van der Waals surface area contributed by atoms with Crippen LogP contribution in [0.3, 0.4) is 0 Å². The molecule has 2 heterocycles. The van der Waals surface area contributed by atoms with Gasteiger partial charge in [0.2, 0.25) is 0 Å². The maximum absolute atomic E-state index is 6.12. The van der Waals surface area contributed by atoms with Crippen molar-refractivity contribution in [3.05, 3.63) is 16.5 Å². The van der Waals surface area contributed by atoms with Crippen LogP contribution < -0.4 is 5.32 Å². The van der Waals surface area contributed by atoms with E-state index in [-0.39, 0.29) is 0 Å². The first kappa shape index (κ1) is 14.9. The smallest absolute Gasteiger partial charge is 0.137 e. The zero-order chi connectivity index (χ0) is 13.7. The SMILES string of the molecule is CCc1nc(Cl)c(C)c(NCCN2CCSCC2)n1. The summed E-state index contributed by atoms with van der Waals surface area (Å²) in [6, 6.07) is 0. The van der Waals surface area contributed by atoms with Crippen molar-refractivity contribution < 1.29 is 0 Å². The summed E-state index contributed by atoms with van der Waals surface area (Å²) in [6.07, 6.45) is 0.804. The molecule has 1 saturated heterocycles. The molecule has 1 aliphatic rings. The van der Waals surface area contributed by atoms with Crippen molar-refractivity contribution in [2.75, 3.05) is 43.0 Å². The number of nitrogens with zero attached hydrogens (tertiary/aromatic N) is 3. The highest BCUT2D eigenvalue weighted by Gasteiger charge is 2.11. The highest BCUT2D eigenvalue weighted by atomic mass is 35.5. The summed E-state index contributed by atoms with van der Waals surface area (Å²) in [4.78, 5) is 11.2. The third-order valence-electron chi connectivity index (χ3n) is 3.27. The summed E-state index contributed by atoms with van der Waals surface area (Å²) in [6.45, 7) is 8.34. The minimum absolute atomic E-state index is 0.559. The molecule has 0 aromatic carbocycles. The number of hydrogen-bond donors (Lipinski definition) is 1. The fourth-order valence-electron chi connectivity index (χ4n) is 2.02. The number of nitrogens with one attached hydrogen (secondary N) is 1. The molecule has 2 rings (SSSR count). The first-order chi connectivity index (χ1) is 9.20. The number of hydrogen-bond acceptors (Lipinski definition) is 5. The van der Waals surface area contributed by atoms with Crippen molar-refractivity contribution in [2.45, 2.75) is 20.3 Å². The normalized spacial score (nSPS) is 16.6. The Kier molecular flexibility index (Phi) is 5.73. The molecule has 1 fully saturated rings. The van der Waals surface area contributed by atoms with Crippen LogP contribution in [0.2, 0.25) is 5.15 Å². The standard InChI is InChI=1S/C13H21ClN4S/c1-3-11-16-12(14)10(2)13(17-11)15-4-5-18-6-8-19-9-7-18/h3-9H2,1-2H3,(H,15,16,17). The Morgan fingerprint density at radius 1 is 1.32 bits per heavy atom. The molecule has 1 aromatic heterocycles. The number of aryl methyl sites for hydroxylation is 1. The third kappa shape index (κ3) is 4.23. The van der Waals surface area contributed by atoms with Gasteiger partial charge in [0.1, 0.15) is 16.8 Å². The van der Waals surface area contributed by atoms with E-state index in [0.29, 0.717) is 5.15 Å². The van der Waals surface area contributed by atoms with E-state index in [2.05, 4.69) is 20.2 Å². The van der Waals surface area contributed by atoms with Crippen LogP contribution in [0.25, 0.3) is 0 Å². The van der Waals surface area contributed by atoms with Crippen LogP contribution in [0.15, 0.2) is 0 Å². The van der Waals surface area contributed by atoms with Gasteiger partial charge in [-0.15, -0.1) is 0 Å². The van der Waals surface area contributed by atoms with Crippen LogP contribution in [0, 0.1) is 6.92 Å². The van der Waals surface area contributed by atoms with Crippen LogP contribution in [0.5, 0.6) is 0 Å². The van der Waals surface area contributed by atoms with Crippen LogP contribution in [-0.2, 0) is 6.42 Å². The molecule has 19 heavy (non-hydrogen) atoms. The fourth-order valence-corrected chi connectivity index (χ4v) is 3.19. The Morgan fingerprint density at radius 3 is 2.74 bits per heavy atom. The van der Waals surface area contributed by atoms with E-state index < -0.39 is 0 Å². The molecule has 0 aliphatic carbocycles. The predicted octanol–water partition coefficient (Wildman–Crippen LogP) is 2.46. The summed E-state index contributed by atoms with van der Waals surface area (Å²) in [5.74, 6) is 4.17. The summed E-state index contributed by atoms with van der Waals surface area (Å²) in [5, 5.41) is 3.95. The number of aromatic nitrogens is 2. The Bertz CT molecular complexity index is 421. The molecule has 0 spiro atoms. The lowest BCUT2D eigenvalue weighted by atomic mass is 10.3. The molecule has 0 bridgehead atoms. The summed E-state index contributed by atoms with van der Waals surface area (Å²) >= 11 is 8.16. The van der Waals surface area contributed by atoms with Gasteiger partial charge in [-0.1, -0.05) is 18.5 Å². The van der Waals surface area contributed by atoms with Crippen LogP contribution in [0.1, 0.15) is 18.3 Å². The second-order valence-corrected chi connectivity index (χ2v) is 6.22. The maximum atomic E-state index is 6.12. The second kappa shape index (κ2) is 7.31. The monoisotopic (exact) mass is 300 g/mol. The van der Waals surface area contributed by atoms with Gasteiger partial charge < -0.3 is 5.32 Å². The molecule has 1 N–H and O–H groups in total. The average Bonchev–Trinajstić information content (AvgIpc) is 2.44. The lowest BCUT2D eigenvalue weighted by Crippen LogP contribution is -2.36. The third-order valence-corrected chi connectivity index (χ3v) is 4.58. The lowest BCUT2D eigenvalue weighted by Gasteiger charge is -2.26. The molecular formula is C13H21ClN4S. The van der Waals surface area contributed by atoms with Gasteiger partial charge in [0.05, 0.1) is 0 Å². The molecule has 0 radical (unpaired) electrons. The Morgan fingerprint density at radius 2 is 2.05 bits per heavy atom. The fraction of sp³-hybridized carbons (Fsp3) is 0.692. The molecular weight excluding hydrogens is 280 g/mol. The molecule has 6 heteroatoms. The van der Waals surface area contributed by atoms with E-state index >= 15 is 0 Å². The predicted molar refractivity (Wildman–Crippen MR) is 83.4 cm³/mol. The number of rotatable bonds is 5. The van der Waals surface area contributed by atoms with Gasteiger partial charge in [0.15, 0.2) is 0 Å². The van der Waals surface area contributed by atoms with E-state index in [4.69, 9.17) is 11.6 Å². The first-order valence-corrected chi connectivity index (χ1v) is 8.31. The average molecular weight is 301 g/mol. The van der Waals surface area contributed by atoms with E-state index in [0.717, 1.165) is 36.7 Å². The van der Waals surface area contributed by atoms with E-state index in [9.17, 15) is 0 Å². The zero-order valence-electron chi connectivity index (χ0n) is 11.6. The van der Waals surface area contributed by atoms with Gasteiger partial charge in [0.25, 0.3) is 0 Å². The van der Waals surface area contributed by atoms with Crippen molar-refractivity contribution in [1.82, 2.24) is 14.9 Å². The molecule has 106 valence electrons. The van der Waals surface area contributed by atoms with Gasteiger partial charge >= 0.3 is 0 Å². The first-order valence-electron chi connectivity index (χ1n) is 6.77. The topological polar surface area (TPSA) is 41.1 Å². The van der Waals surface area contributed by atoms with Crippen molar-refractivity contribution in [3.63, 3.8) is 0 Å². The Labute approximate surface area is 124 Å². The van der Waals surface area contributed by atoms with Crippen molar-refractivity contribution in [2.24, 2.45) is 0 Å². The second-order valence-electron chi connectivity index (χ2n) is 4.64. The van der Waals surface area contributed by atoms with Gasteiger partial charge in [-0.2, -0.15) is 11.8 Å². The highest BCUT2D eigenvalue weighted by molar-refractivity contribution is 7.99. The highest BCUT2D eigenvalue weighted by Crippen LogP contribution is 2.19. The Balaban J connectivity index is 1.89. The quantitative estimate of drug-likeness (QED) is 0.846. The van der Waals surface area contributed by atoms with Crippen molar-refractivity contribution in [3.8, 4) is 0 Å². The van der Waals surface area contributed by atoms with Crippen LogP contribution >= 0.6 is 23.4 Å². The number of halogens is 1. The van der Waals surface area contributed by atoms with Crippen molar-refractivity contribution in [1.29, 1.82) is 0 Å². The summed E-state index contributed by atoms with van der Waals surface area (Å²) in [5.41, 5.74) is 0.938. The lowest BCUT2D eigenvalue weighted by molar-refractivity contribution is 0.314. The molecule has 0 amide bonds. The summed E-state index contributed by atoms with van der Waals surface area (Å²) in [7, 11) is 0. The molecule has 0 atom stereocenters. The Hall–Kier alpha value is -0.520. The number of thioether (sulfide) groups is 1. The van der Waals surface area contributed by atoms with E-state index in [1.165, 1.54) is 24.6 Å². The van der Waals surface area contributed by atoms with Gasteiger partial charge in [-0.05, 0) is 6.92 Å². The van der Waals surface area contributed by atoms with E-state index in [1.54, 1.807) is 0 Å². The van der Waals surface area contributed by atoms with Crippen LogP contribution in [0.4, 0.5) is 5.82 Å². The largest absolute Gasteiger partial charge is 0.368 e. The molecule has 4 nitrogen and oxygen atoms in total. The molecule has 1 aliphatic heterocycles. The molecule has 0 saturated carbocycles. The van der Waals surface area contributed by atoms with Gasteiger partial charge in [0, 0.05) is 49.7 Å². The van der Waals surface area contributed by atoms with Crippen molar-refractivity contribution >= 4 is 29.2 Å². The maximum Gasteiger partial charge on any atom is 0.137 e. The van der Waals surface area contributed by atoms with Gasteiger partial charge in [-0.25, -0.2) is 9.97 Å². The molecule has 0 unspecified atom stereocenters. The minimum Gasteiger partial charge on any atom is -0.368 e. The van der Waals surface area contributed by atoms with Gasteiger partial charge in [-0.3, -0.25) is 4.90 Å². The van der Waals surface area contributed by atoms with E-state index in [1.807, 2.05) is 25.6 Å². The van der Waals surface area contributed by atoms with Crippen LogP contribution in [-0.4, -0.2) is 52.6 Å². The minimum atomic E-state index is 0.559. The molecule has 1 aromatic rings.